The van der Waals surface area contributed by atoms with Crippen LogP contribution in [0.15, 0.2) is 83.9 Å². The molecule has 0 aliphatic heterocycles. The lowest BCUT2D eigenvalue weighted by molar-refractivity contribution is 0.415. The van der Waals surface area contributed by atoms with E-state index in [1.165, 1.54) is 0 Å². The molecule has 0 amide bonds. The highest BCUT2D eigenvalue weighted by molar-refractivity contribution is 7.92. The molecule has 1 unspecified atom stereocenters. The Bertz CT molecular complexity index is 1210. The maximum absolute atomic E-state index is 13.7. The van der Waals surface area contributed by atoms with E-state index in [2.05, 4.69) is 4.98 Å². The molecule has 1 N–H and O–H groups in total. The fraction of sp³-hybridized carbons (Fsp3) is 0.130. The summed E-state index contributed by atoms with van der Waals surface area (Å²) in [5.41, 5.74) is 3.33. The first-order chi connectivity index (χ1) is 13.5. The predicted molar refractivity (Wildman–Crippen MR) is 112 cm³/mol. The molecule has 0 aliphatic carbocycles. The van der Waals surface area contributed by atoms with Crippen LogP contribution in [0.1, 0.15) is 21.9 Å². The summed E-state index contributed by atoms with van der Waals surface area (Å²) in [6.07, 6.45) is 1.79. The zero-order chi connectivity index (χ0) is 19.7. The summed E-state index contributed by atoms with van der Waals surface area (Å²) in [5.74, 6) is 0.688. The monoisotopic (exact) mass is 391 g/mol. The molecule has 0 saturated heterocycles. The first-order valence-corrected chi connectivity index (χ1v) is 10.6. The van der Waals surface area contributed by atoms with Gasteiger partial charge in [0.2, 0.25) is 0 Å². The molecule has 0 fully saturated rings. The Morgan fingerprint density at radius 3 is 2.32 bits per heavy atom. The molecule has 4 aromatic rings. The van der Waals surface area contributed by atoms with Crippen molar-refractivity contribution in [3.05, 3.63) is 95.7 Å². The Labute approximate surface area is 164 Å². The summed E-state index contributed by atoms with van der Waals surface area (Å²) in [7, 11) is -2.06. The topological polar surface area (TPSA) is 59.2 Å². The number of benzene rings is 3. The van der Waals surface area contributed by atoms with Gasteiger partial charge in [0, 0.05) is 22.7 Å². The molecule has 4 nitrogen and oxygen atoms in total. The van der Waals surface area contributed by atoms with Crippen molar-refractivity contribution < 1.29 is 13.2 Å². The number of aromatic amines is 1. The molecule has 5 heteroatoms. The van der Waals surface area contributed by atoms with Gasteiger partial charge in [0.25, 0.3) is 0 Å². The van der Waals surface area contributed by atoms with Crippen LogP contribution in [-0.4, -0.2) is 20.5 Å². The van der Waals surface area contributed by atoms with Crippen LogP contribution in [0.2, 0.25) is 0 Å². The van der Waals surface area contributed by atoms with E-state index in [1.54, 1.807) is 25.4 Å². The summed E-state index contributed by atoms with van der Waals surface area (Å²) in [6, 6.07) is 22.0. The minimum absolute atomic E-state index is 0.309. The largest absolute Gasteiger partial charge is 0.497 e. The molecule has 1 heterocycles. The van der Waals surface area contributed by atoms with Crippen LogP contribution < -0.4 is 4.74 Å². The van der Waals surface area contributed by atoms with Crippen LogP contribution in [0.25, 0.3) is 10.9 Å². The van der Waals surface area contributed by atoms with Gasteiger partial charge >= 0.3 is 0 Å². The summed E-state index contributed by atoms with van der Waals surface area (Å²) in [6.45, 7) is 1.94. The van der Waals surface area contributed by atoms with Gasteiger partial charge in [-0.2, -0.15) is 0 Å². The van der Waals surface area contributed by atoms with E-state index < -0.39 is 15.1 Å². The Balaban J connectivity index is 1.97. The fourth-order valence-corrected chi connectivity index (χ4v) is 5.32. The lowest BCUT2D eigenvalue weighted by atomic mass is 10.0. The van der Waals surface area contributed by atoms with Gasteiger partial charge in [-0.15, -0.1) is 0 Å². The lowest BCUT2D eigenvalue weighted by Gasteiger charge is -2.18. The van der Waals surface area contributed by atoms with E-state index in [1.807, 2.05) is 67.6 Å². The van der Waals surface area contributed by atoms with Crippen molar-refractivity contribution in [1.82, 2.24) is 4.98 Å². The number of aryl methyl sites for hydroxylation is 1. The van der Waals surface area contributed by atoms with Gasteiger partial charge in [0.1, 0.15) is 11.0 Å². The zero-order valence-corrected chi connectivity index (χ0v) is 16.5. The molecule has 3 aromatic carbocycles. The van der Waals surface area contributed by atoms with Crippen molar-refractivity contribution in [3.8, 4) is 5.75 Å². The number of aromatic nitrogens is 1. The number of H-pyrrole nitrogens is 1. The lowest BCUT2D eigenvalue weighted by Crippen LogP contribution is -2.15. The van der Waals surface area contributed by atoms with Crippen LogP contribution in [0.3, 0.4) is 0 Å². The van der Waals surface area contributed by atoms with E-state index in [9.17, 15) is 8.42 Å². The number of nitrogens with one attached hydrogen (secondary N) is 1. The number of ether oxygens (including phenoxy) is 1. The van der Waals surface area contributed by atoms with E-state index in [0.717, 1.165) is 22.0 Å². The number of fused-ring (bicyclic) bond motifs is 1. The van der Waals surface area contributed by atoms with Gasteiger partial charge < -0.3 is 9.72 Å². The van der Waals surface area contributed by atoms with Crippen LogP contribution in [-0.2, 0) is 9.84 Å². The molecule has 4 rings (SSSR count). The molecule has 1 atom stereocenters. The number of hydrogen-bond acceptors (Lipinski definition) is 3. The highest BCUT2D eigenvalue weighted by Gasteiger charge is 2.32. The molecule has 142 valence electrons. The van der Waals surface area contributed by atoms with Gasteiger partial charge in [0.05, 0.1) is 12.0 Å². The maximum atomic E-state index is 13.7. The van der Waals surface area contributed by atoms with Crippen molar-refractivity contribution in [3.63, 3.8) is 0 Å². The number of sulfone groups is 1. The third-order valence-electron chi connectivity index (χ3n) is 4.97. The van der Waals surface area contributed by atoms with E-state index in [4.69, 9.17) is 4.74 Å². The maximum Gasteiger partial charge on any atom is 0.189 e. The highest BCUT2D eigenvalue weighted by Crippen LogP contribution is 2.39. The van der Waals surface area contributed by atoms with Gasteiger partial charge in [-0.1, -0.05) is 48.0 Å². The number of methoxy groups -OCH3 is 1. The van der Waals surface area contributed by atoms with E-state index in [0.29, 0.717) is 16.2 Å². The van der Waals surface area contributed by atoms with Crippen LogP contribution in [0.4, 0.5) is 0 Å². The summed E-state index contributed by atoms with van der Waals surface area (Å²) in [4.78, 5) is 3.51. The molecule has 28 heavy (non-hydrogen) atoms. The van der Waals surface area contributed by atoms with Crippen molar-refractivity contribution in [2.24, 2.45) is 0 Å². The van der Waals surface area contributed by atoms with Crippen LogP contribution in [0, 0.1) is 6.92 Å². The molecule has 0 bridgehead atoms. The quantitative estimate of drug-likeness (QED) is 0.518. The number of rotatable bonds is 5. The third kappa shape index (κ3) is 3.18. The molecule has 0 saturated carbocycles. The molecule has 0 spiro atoms. The first-order valence-electron chi connectivity index (χ1n) is 9.01. The highest BCUT2D eigenvalue weighted by atomic mass is 32.2. The second-order valence-corrected chi connectivity index (χ2v) is 8.84. The van der Waals surface area contributed by atoms with E-state index in [-0.39, 0.29) is 0 Å². The second kappa shape index (κ2) is 7.17. The average Bonchev–Trinajstić information content (AvgIpc) is 3.12. The van der Waals surface area contributed by atoms with Gasteiger partial charge in [-0.25, -0.2) is 8.42 Å². The SMILES string of the molecule is COc1ccc2[nH]cc(C(c3ccccc3)S(=O)(=O)c3ccc(C)cc3)c2c1. The minimum atomic E-state index is -3.67. The Morgan fingerprint density at radius 2 is 1.64 bits per heavy atom. The third-order valence-corrected chi connectivity index (χ3v) is 7.04. The molecule has 0 aliphatic rings. The summed E-state index contributed by atoms with van der Waals surface area (Å²) >= 11 is 0. The summed E-state index contributed by atoms with van der Waals surface area (Å²) < 4.78 is 32.7. The van der Waals surface area contributed by atoms with Crippen LogP contribution in [0.5, 0.6) is 5.75 Å². The Morgan fingerprint density at radius 1 is 0.929 bits per heavy atom. The standard InChI is InChI=1S/C23H21NO3S/c1-16-8-11-19(12-9-16)28(25,26)23(17-6-4-3-5-7-17)21-15-24-22-13-10-18(27-2)14-20(21)22/h3-15,23-24H,1-2H3. The Kier molecular flexibility index (Phi) is 4.69. The fourth-order valence-electron chi connectivity index (χ4n) is 3.48. The normalized spacial score (nSPS) is 12.8. The smallest absolute Gasteiger partial charge is 0.189 e. The van der Waals surface area contributed by atoms with Gasteiger partial charge in [-0.3, -0.25) is 0 Å². The molecule has 0 radical (unpaired) electrons. The Hall–Kier alpha value is -3.05. The molecular weight excluding hydrogens is 370 g/mol. The average molecular weight is 391 g/mol. The van der Waals surface area contributed by atoms with Crippen molar-refractivity contribution in [1.29, 1.82) is 0 Å². The van der Waals surface area contributed by atoms with Crippen LogP contribution >= 0.6 is 0 Å². The second-order valence-electron chi connectivity index (χ2n) is 6.80. The first kappa shape index (κ1) is 18.3. The zero-order valence-electron chi connectivity index (χ0n) is 15.7. The summed E-state index contributed by atoms with van der Waals surface area (Å²) in [5, 5.41) is 0.0150. The van der Waals surface area contributed by atoms with Gasteiger partial charge in [0.15, 0.2) is 9.84 Å². The minimum Gasteiger partial charge on any atom is -0.497 e. The molecule has 1 aromatic heterocycles. The van der Waals surface area contributed by atoms with Crippen molar-refractivity contribution in [2.75, 3.05) is 7.11 Å². The molecular formula is C23H21NO3S. The van der Waals surface area contributed by atoms with Gasteiger partial charge in [-0.05, 0) is 42.8 Å². The van der Waals surface area contributed by atoms with E-state index >= 15 is 0 Å². The number of hydrogen-bond donors (Lipinski definition) is 1. The predicted octanol–water partition coefficient (Wildman–Crippen LogP) is 5.05. The van der Waals surface area contributed by atoms with Crippen molar-refractivity contribution in [2.45, 2.75) is 17.1 Å². The van der Waals surface area contributed by atoms with Crippen molar-refractivity contribution >= 4 is 20.7 Å².